The van der Waals surface area contributed by atoms with Crippen molar-refractivity contribution in [1.82, 2.24) is 9.80 Å². The van der Waals surface area contributed by atoms with Gasteiger partial charge in [0.2, 0.25) is 0 Å². The van der Waals surface area contributed by atoms with Gasteiger partial charge in [-0.05, 0) is 39.6 Å². The van der Waals surface area contributed by atoms with E-state index < -0.39 is 0 Å². The topological polar surface area (TPSA) is 32.8 Å². The second-order valence-electron chi connectivity index (χ2n) is 5.07. The molecule has 0 N–H and O–H groups in total. The Morgan fingerprint density at radius 1 is 1.05 bits per heavy atom. The summed E-state index contributed by atoms with van der Waals surface area (Å²) in [6.07, 6.45) is 10.6. The Balaban J connectivity index is 4.02. The second kappa shape index (κ2) is 12.9. The Morgan fingerprint density at radius 2 is 1.70 bits per heavy atom. The van der Waals surface area contributed by atoms with Crippen LogP contribution in [-0.2, 0) is 9.53 Å². The van der Waals surface area contributed by atoms with E-state index in [1.54, 1.807) is 0 Å². The first kappa shape index (κ1) is 18.9. The van der Waals surface area contributed by atoms with Crippen molar-refractivity contribution in [2.24, 2.45) is 0 Å². The molecule has 4 nitrogen and oxygen atoms in total. The molecule has 0 rings (SSSR count). The summed E-state index contributed by atoms with van der Waals surface area (Å²) >= 11 is 0. The molecule has 20 heavy (non-hydrogen) atoms. The molecule has 0 heterocycles. The highest BCUT2D eigenvalue weighted by Crippen LogP contribution is 1.96. The van der Waals surface area contributed by atoms with Crippen molar-refractivity contribution >= 4 is 5.97 Å². The minimum atomic E-state index is -0.233. The van der Waals surface area contributed by atoms with Crippen LogP contribution in [0.3, 0.4) is 0 Å². The van der Waals surface area contributed by atoms with Crippen LogP contribution in [0.4, 0.5) is 0 Å². The summed E-state index contributed by atoms with van der Waals surface area (Å²) in [4.78, 5) is 15.2. The minimum Gasteiger partial charge on any atom is -0.462 e. The highest BCUT2D eigenvalue weighted by atomic mass is 16.5. The second-order valence-corrected chi connectivity index (χ2v) is 5.07. The summed E-state index contributed by atoms with van der Waals surface area (Å²) in [6.45, 7) is 7.98. The van der Waals surface area contributed by atoms with Crippen molar-refractivity contribution in [3.63, 3.8) is 0 Å². The van der Waals surface area contributed by atoms with Crippen LogP contribution in [0.1, 0.15) is 26.7 Å². The summed E-state index contributed by atoms with van der Waals surface area (Å²) in [5.41, 5.74) is 0. The van der Waals surface area contributed by atoms with Gasteiger partial charge >= 0.3 is 5.97 Å². The van der Waals surface area contributed by atoms with E-state index in [0.29, 0.717) is 6.61 Å². The van der Waals surface area contributed by atoms with E-state index in [-0.39, 0.29) is 5.97 Å². The van der Waals surface area contributed by atoms with Gasteiger partial charge < -0.3 is 9.64 Å². The van der Waals surface area contributed by atoms with Gasteiger partial charge in [-0.15, -0.1) is 0 Å². The first-order valence-corrected chi connectivity index (χ1v) is 7.36. The van der Waals surface area contributed by atoms with Gasteiger partial charge in [-0.2, -0.15) is 0 Å². The van der Waals surface area contributed by atoms with Crippen molar-refractivity contribution in [3.05, 3.63) is 24.3 Å². The van der Waals surface area contributed by atoms with Crippen LogP contribution < -0.4 is 0 Å². The molecule has 0 saturated heterocycles. The Kier molecular flexibility index (Phi) is 12.2. The number of ether oxygens (including phenoxy) is 1. The van der Waals surface area contributed by atoms with E-state index in [4.69, 9.17) is 4.74 Å². The molecule has 0 saturated carbocycles. The summed E-state index contributed by atoms with van der Waals surface area (Å²) in [5, 5.41) is 0. The third-order valence-corrected chi connectivity index (χ3v) is 2.76. The molecule has 0 aliphatic heterocycles. The fourth-order valence-corrected chi connectivity index (χ4v) is 1.72. The number of carbonyl (C=O) groups excluding carboxylic acids is 1. The SMILES string of the molecule is CCC=CCN(CC=CCOC(C)=O)CCCN(C)C. The fraction of sp³-hybridized carbons (Fsp3) is 0.688. The molecule has 0 spiro atoms. The predicted molar refractivity (Wildman–Crippen MR) is 84.8 cm³/mol. The van der Waals surface area contributed by atoms with E-state index in [9.17, 15) is 4.79 Å². The van der Waals surface area contributed by atoms with E-state index in [2.05, 4.69) is 49.0 Å². The smallest absolute Gasteiger partial charge is 0.302 e. The maximum absolute atomic E-state index is 10.6. The van der Waals surface area contributed by atoms with Gasteiger partial charge in [0.15, 0.2) is 0 Å². The van der Waals surface area contributed by atoms with E-state index in [0.717, 1.165) is 39.0 Å². The normalized spacial score (nSPS) is 12.1. The first-order valence-electron chi connectivity index (χ1n) is 7.36. The highest BCUT2D eigenvalue weighted by molar-refractivity contribution is 5.65. The van der Waals surface area contributed by atoms with Crippen molar-refractivity contribution in [1.29, 1.82) is 0 Å². The number of nitrogens with zero attached hydrogens (tertiary/aromatic N) is 2. The number of hydrogen-bond acceptors (Lipinski definition) is 4. The summed E-state index contributed by atoms with van der Waals surface area (Å²) < 4.78 is 4.87. The molecule has 0 radical (unpaired) electrons. The molecule has 0 aliphatic rings. The van der Waals surface area contributed by atoms with Crippen LogP contribution in [0.15, 0.2) is 24.3 Å². The van der Waals surface area contributed by atoms with E-state index >= 15 is 0 Å². The molecule has 0 aliphatic carbocycles. The quantitative estimate of drug-likeness (QED) is 0.430. The van der Waals surface area contributed by atoms with Gasteiger partial charge in [0.25, 0.3) is 0 Å². The van der Waals surface area contributed by atoms with Crippen LogP contribution in [-0.4, -0.2) is 62.7 Å². The van der Waals surface area contributed by atoms with Crippen LogP contribution in [0.5, 0.6) is 0 Å². The summed E-state index contributed by atoms with van der Waals surface area (Å²) in [6, 6.07) is 0. The van der Waals surface area contributed by atoms with E-state index in [1.807, 2.05) is 6.08 Å². The lowest BCUT2D eigenvalue weighted by Crippen LogP contribution is -2.28. The molecule has 116 valence electrons. The lowest BCUT2D eigenvalue weighted by molar-refractivity contribution is -0.139. The number of hydrogen-bond donors (Lipinski definition) is 0. The van der Waals surface area contributed by atoms with Gasteiger partial charge in [-0.1, -0.05) is 25.2 Å². The molecule has 0 aromatic rings. The number of carbonyl (C=O) groups is 1. The van der Waals surface area contributed by atoms with Gasteiger partial charge in [-0.3, -0.25) is 9.69 Å². The van der Waals surface area contributed by atoms with E-state index in [1.165, 1.54) is 6.92 Å². The molecule has 4 heteroatoms. The zero-order valence-electron chi connectivity index (χ0n) is 13.5. The zero-order chi connectivity index (χ0) is 15.2. The number of rotatable bonds is 11. The summed E-state index contributed by atoms with van der Waals surface area (Å²) in [5.74, 6) is -0.233. The van der Waals surface area contributed by atoms with Crippen molar-refractivity contribution in [2.45, 2.75) is 26.7 Å². The van der Waals surface area contributed by atoms with Crippen LogP contribution in [0.25, 0.3) is 0 Å². The van der Waals surface area contributed by atoms with Crippen LogP contribution in [0, 0.1) is 0 Å². The maximum atomic E-state index is 10.6. The van der Waals surface area contributed by atoms with Crippen LogP contribution in [0.2, 0.25) is 0 Å². The average molecular weight is 282 g/mol. The zero-order valence-corrected chi connectivity index (χ0v) is 13.5. The fourth-order valence-electron chi connectivity index (χ4n) is 1.72. The molecule has 0 aromatic carbocycles. The standard InChI is InChI=1S/C16H30N2O2/c1-5-6-7-12-18(14-10-11-17(3)4)13-8-9-15-20-16(2)19/h6-9H,5,10-15H2,1-4H3. The predicted octanol–water partition coefficient (Wildman–Crippen LogP) is 2.33. The Labute approximate surface area is 124 Å². The number of esters is 1. The third-order valence-electron chi connectivity index (χ3n) is 2.76. The monoisotopic (exact) mass is 282 g/mol. The van der Waals surface area contributed by atoms with Gasteiger partial charge in [-0.25, -0.2) is 0 Å². The van der Waals surface area contributed by atoms with Crippen molar-refractivity contribution in [3.8, 4) is 0 Å². The third kappa shape index (κ3) is 13.3. The number of allylic oxidation sites excluding steroid dienone is 1. The summed E-state index contributed by atoms with van der Waals surface area (Å²) in [7, 11) is 4.20. The Hall–Kier alpha value is -1.13. The van der Waals surface area contributed by atoms with Crippen molar-refractivity contribution in [2.75, 3.05) is 46.9 Å². The molecule has 0 atom stereocenters. The first-order chi connectivity index (χ1) is 9.56. The van der Waals surface area contributed by atoms with Crippen LogP contribution >= 0.6 is 0 Å². The van der Waals surface area contributed by atoms with Crippen molar-refractivity contribution < 1.29 is 9.53 Å². The lowest BCUT2D eigenvalue weighted by Gasteiger charge is -2.20. The van der Waals surface area contributed by atoms with Gasteiger partial charge in [0.1, 0.15) is 6.61 Å². The minimum absolute atomic E-state index is 0.233. The molecule has 0 fully saturated rings. The molecule has 0 bridgehead atoms. The molecular weight excluding hydrogens is 252 g/mol. The Bertz CT molecular complexity index is 299. The largest absolute Gasteiger partial charge is 0.462 e. The molecule has 0 amide bonds. The molecule has 0 unspecified atom stereocenters. The van der Waals surface area contributed by atoms with Gasteiger partial charge in [0, 0.05) is 26.6 Å². The maximum Gasteiger partial charge on any atom is 0.302 e. The molecule has 0 aromatic heterocycles. The van der Waals surface area contributed by atoms with Gasteiger partial charge in [0.05, 0.1) is 0 Å². The Morgan fingerprint density at radius 3 is 2.25 bits per heavy atom. The average Bonchev–Trinajstić information content (AvgIpc) is 2.37. The lowest BCUT2D eigenvalue weighted by atomic mass is 10.3. The highest BCUT2D eigenvalue weighted by Gasteiger charge is 2.01. The molecular formula is C16H30N2O2.